The highest BCUT2D eigenvalue weighted by Gasteiger charge is 2.19. The van der Waals surface area contributed by atoms with Crippen molar-refractivity contribution in [1.29, 1.82) is 0 Å². The predicted octanol–water partition coefficient (Wildman–Crippen LogP) is 3.20. The van der Waals surface area contributed by atoms with Gasteiger partial charge in [0.25, 0.3) is 0 Å². The van der Waals surface area contributed by atoms with Crippen LogP contribution >= 0.6 is 0 Å². The maximum atomic E-state index is 3.65. The van der Waals surface area contributed by atoms with Crippen molar-refractivity contribution in [2.24, 2.45) is 0 Å². The summed E-state index contributed by atoms with van der Waals surface area (Å²) >= 11 is 0. The Morgan fingerprint density at radius 3 is 2.36 bits per heavy atom. The number of rotatable bonds is 3. The minimum absolute atomic E-state index is 0.501. The zero-order valence-corrected chi connectivity index (χ0v) is 9.09. The molecule has 0 aliphatic heterocycles. The average molecular weight is 189 g/mol. The highest BCUT2D eigenvalue weighted by atomic mass is 15.0. The molecule has 0 heterocycles. The summed E-state index contributed by atoms with van der Waals surface area (Å²) in [6.45, 7) is 4.39. The summed E-state index contributed by atoms with van der Waals surface area (Å²) in [5, 5.41) is 3.65. The van der Waals surface area contributed by atoms with Crippen molar-refractivity contribution in [2.45, 2.75) is 45.2 Å². The Kier molecular flexibility index (Phi) is 2.87. The van der Waals surface area contributed by atoms with Gasteiger partial charge >= 0.3 is 0 Å². The van der Waals surface area contributed by atoms with Gasteiger partial charge in [0.1, 0.15) is 0 Å². The Morgan fingerprint density at radius 2 is 1.86 bits per heavy atom. The summed E-state index contributed by atoms with van der Waals surface area (Å²) in [5.74, 6) is 0. The molecule has 1 atom stereocenters. The van der Waals surface area contributed by atoms with Crippen molar-refractivity contribution in [3.8, 4) is 0 Å². The number of hydrogen-bond donors (Lipinski definition) is 1. The van der Waals surface area contributed by atoms with Gasteiger partial charge in [-0.15, -0.1) is 0 Å². The van der Waals surface area contributed by atoms with Crippen LogP contribution in [0.3, 0.4) is 0 Å². The molecule has 76 valence electrons. The summed E-state index contributed by atoms with van der Waals surface area (Å²) in [6.07, 6.45) is 4.12. The number of nitrogens with one attached hydrogen (secondary N) is 1. The Hall–Kier alpha value is -0.820. The molecule has 1 aromatic rings. The molecule has 1 unspecified atom stereocenters. The normalized spacial score (nSPS) is 19.0. The summed E-state index contributed by atoms with van der Waals surface area (Å²) in [7, 11) is 0. The largest absolute Gasteiger partial charge is 0.307 e. The molecule has 1 aromatic carbocycles. The van der Waals surface area contributed by atoms with E-state index in [1.54, 1.807) is 0 Å². The number of aryl methyl sites for hydroxylation is 1. The molecule has 1 aliphatic carbocycles. The van der Waals surface area contributed by atoms with Gasteiger partial charge in [-0.1, -0.05) is 36.2 Å². The first-order valence-electron chi connectivity index (χ1n) is 5.58. The summed E-state index contributed by atoms with van der Waals surface area (Å²) in [6, 6.07) is 10.1. The van der Waals surface area contributed by atoms with Crippen LogP contribution in [-0.2, 0) is 0 Å². The van der Waals surface area contributed by atoms with Crippen LogP contribution in [0.25, 0.3) is 0 Å². The van der Waals surface area contributed by atoms with E-state index in [0.29, 0.717) is 6.04 Å². The lowest BCUT2D eigenvalue weighted by Gasteiger charge is -2.30. The standard InChI is InChI=1S/C13H19N/c1-10-6-8-12(9-7-10)11(2)14-13-4-3-5-13/h6-9,11,13-14H,3-5H2,1-2H3. The van der Waals surface area contributed by atoms with E-state index < -0.39 is 0 Å². The number of benzene rings is 1. The van der Waals surface area contributed by atoms with E-state index in [1.807, 2.05) is 0 Å². The van der Waals surface area contributed by atoms with Crippen LogP contribution in [-0.4, -0.2) is 6.04 Å². The molecule has 0 spiro atoms. The topological polar surface area (TPSA) is 12.0 Å². The van der Waals surface area contributed by atoms with Crippen LogP contribution in [0.1, 0.15) is 43.4 Å². The van der Waals surface area contributed by atoms with Crippen LogP contribution in [0.4, 0.5) is 0 Å². The maximum Gasteiger partial charge on any atom is 0.0294 e. The van der Waals surface area contributed by atoms with Gasteiger partial charge < -0.3 is 5.32 Å². The van der Waals surface area contributed by atoms with Crippen molar-refractivity contribution >= 4 is 0 Å². The van der Waals surface area contributed by atoms with Gasteiger partial charge in [0, 0.05) is 12.1 Å². The molecule has 0 radical (unpaired) electrons. The van der Waals surface area contributed by atoms with Gasteiger partial charge in [-0.3, -0.25) is 0 Å². The van der Waals surface area contributed by atoms with Crippen LogP contribution in [0.15, 0.2) is 24.3 Å². The molecule has 14 heavy (non-hydrogen) atoms. The Balaban J connectivity index is 1.95. The lowest BCUT2D eigenvalue weighted by atomic mass is 9.92. The third-order valence-electron chi connectivity index (χ3n) is 3.17. The smallest absolute Gasteiger partial charge is 0.0294 e. The second-order valence-electron chi connectivity index (χ2n) is 4.43. The first-order chi connectivity index (χ1) is 6.75. The monoisotopic (exact) mass is 189 g/mol. The average Bonchev–Trinajstić information content (AvgIpc) is 2.12. The van der Waals surface area contributed by atoms with E-state index >= 15 is 0 Å². The minimum Gasteiger partial charge on any atom is -0.307 e. The molecule has 1 N–H and O–H groups in total. The van der Waals surface area contributed by atoms with Crippen molar-refractivity contribution in [1.82, 2.24) is 5.32 Å². The van der Waals surface area contributed by atoms with Gasteiger partial charge in [-0.2, -0.15) is 0 Å². The first kappa shape index (κ1) is 9.72. The molecule has 2 rings (SSSR count). The molecule has 1 aliphatic rings. The van der Waals surface area contributed by atoms with Crippen LogP contribution in [0.5, 0.6) is 0 Å². The minimum atomic E-state index is 0.501. The Bertz CT molecular complexity index is 285. The van der Waals surface area contributed by atoms with E-state index in [9.17, 15) is 0 Å². The van der Waals surface area contributed by atoms with E-state index in [4.69, 9.17) is 0 Å². The summed E-state index contributed by atoms with van der Waals surface area (Å²) in [4.78, 5) is 0. The van der Waals surface area contributed by atoms with Crippen LogP contribution in [0, 0.1) is 6.92 Å². The summed E-state index contributed by atoms with van der Waals surface area (Å²) in [5.41, 5.74) is 2.74. The third kappa shape index (κ3) is 2.16. The lowest BCUT2D eigenvalue weighted by Crippen LogP contribution is -2.36. The van der Waals surface area contributed by atoms with E-state index in [-0.39, 0.29) is 0 Å². The van der Waals surface area contributed by atoms with Crippen molar-refractivity contribution in [3.05, 3.63) is 35.4 Å². The van der Waals surface area contributed by atoms with Crippen LogP contribution in [0.2, 0.25) is 0 Å². The fraction of sp³-hybridized carbons (Fsp3) is 0.538. The predicted molar refractivity (Wildman–Crippen MR) is 60.4 cm³/mol. The zero-order chi connectivity index (χ0) is 9.97. The maximum absolute atomic E-state index is 3.65. The quantitative estimate of drug-likeness (QED) is 0.770. The van der Waals surface area contributed by atoms with Gasteiger partial charge in [0.15, 0.2) is 0 Å². The SMILES string of the molecule is Cc1ccc(C(C)NC2CCC2)cc1. The Labute approximate surface area is 86.5 Å². The van der Waals surface area contributed by atoms with Crippen molar-refractivity contribution in [2.75, 3.05) is 0 Å². The second-order valence-corrected chi connectivity index (χ2v) is 4.43. The molecule has 1 nitrogen and oxygen atoms in total. The molecular weight excluding hydrogens is 170 g/mol. The fourth-order valence-electron chi connectivity index (χ4n) is 1.88. The van der Waals surface area contributed by atoms with Crippen molar-refractivity contribution in [3.63, 3.8) is 0 Å². The highest BCUT2D eigenvalue weighted by molar-refractivity contribution is 5.23. The van der Waals surface area contributed by atoms with Gasteiger partial charge in [-0.05, 0) is 32.3 Å². The number of hydrogen-bond acceptors (Lipinski definition) is 1. The zero-order valence-electron chi connectivity index (χ0n) is 9.09. The fourth-order valence-corrected chi connectivity index (χ4v) is 1.88. The summed E-state index contributed by atoms with van der Waals surface area (Å²) < 4.78 is 0. The second kappa shape index (κ2) is 4.14. The van der Waals surface area contributed by atoms with E-state index in [1.165, 1.54) is 30.4 Å². The molecule has 0 bridgehead atoms. The van der Waals surface area contributed by atoms with E-state index in [0.717, 1.165) is 6.04 Å². The molecule has 0 aromatic heterocycles. The van der Waals surface area contributed by atoms with Crippen LogP contribution < -0.4 is 5.32 Å². The van der Waals surface area contributed by atoms with Gasteiger partial charge in [0.2, 0.25) is 0 Å². The molecule has 0 amide bonds. The van der Waals surface area contributed by atoms with E-state index in [2.05, 4.69) is 43.4 Å². The molecule has 1 fully saturated rings. The third-order valence-corrected chi connectivity index (χ3v) is 3.17. The first-order valence-corrected chi connectivity index (χ1v) is 5.58. The van der Waals surface area contributed by atoms with Gasteiger partial charge in [-0.25, -0.2) is 0 Å². The molecular formula is C13H19N. The molecule has 0 saturated heterocycles. The van der Waals surface area contributed by atoms with Gasteiger partial charge in [0.05, 0.1) is 0 Å². The Morgan fingerprint density at radius 1 is 1.21 bits per heavy atom. The highest BCUT2D eigenvalue weighted by Crippen LogP contribution is 2.22. The molecule has 1 heteroatoms. The lowest BCUT2D eigenvalue weighted by molar-refractivity contribution is 0.313. The molecule has 1 saturated carbocycles. The van der Waals surface area contributed by atoms with Crippen molar-refractivity contribution < 1.29 is 0 Å².